The number of hydrogen-bond donors (Lipinski definition) is 7. The lowest BCUT2D eigenvalue weighted by Crippen LogP contribution is -2.59. The number of phenols is 1. The molecule has 0 aliphatic carbocycles. The van der Waals surface area contributed by atoms with Crippen LogP contribution >= 0.6 is 11.8 Å². The van der Waals surface area contributed by atoms with Crippen LogP contribution in [0.1, 0.15) is 32.3 Å². The Morgan fingerprint density at radius 2 is 1.53 bits per heavy atom. The van der Waals surface area contributed by atoms with Gasteiger partial charge in [0.15, 0.2) is 0 Å². The van der Waals surface area contributed by atoms with Gasteiger partial charge >= 0.3 is 5.97 Å². The lowest BCUT2D eigenvalue weighted by molar-refractivity contribution is -0.142. The third-order valence-electron chi connectivity index (χ3n) is 5.25. The monoisotopic (exact) mass is 525 g/mol. The first kappa shape index (κ1) is 30.7. The highest BCUT2D eigenvalue weighted by molar-refractivity contribution is 7.98. The minimum absolute atomic E-state index is 0.0139. The van der Waals surface area contributed by atoms with Crippen molar-refractivity contribution in [3.05, 3.63) is 29.8 Å². The number of thioether (sulfide) groups is 1. The first-order valence-corrected chi connectivity index (χ1v) is 12.7. The largest absolute Gasteiger partial charge is 0.508 e. The molecular formula is C23H35N5O7S. The minimum Gasteiger partial charge on any atom is -0.508 e. The molecule has 4 unspecified atom stereocenters. The fraction of sp³-hybridized carbons (Fsp3) is 0.522. The molecule has 200 valence electrons. The highest BCUT2D eigenvalue weighted by Crippen LogP contribution is 2.12. The Bertz CT molecular complexity index is 926. The standard InChI is InChI=1S/C23H35N5O7S/c1-12(2)19(22(33)27-17(23(34)35)10-13-4-6-14(29)7-5-13)28-21(32)16(11-18(25)30)26-20(31)15(24)8-9-36-3/h4-7,12,15-17,19,29H,8-11,24H2,1-3H3,(H2,25,30)(H,26,31)(H,27,33)(H,28,32)(H,34,35). The summed E-state index contributed by atoms with van der Waals surface area (Å²) in [6.07, 6.45) is 1.63. The Kier molecular flexibility index (Phi) is 12.7. The average Bonchev–Trinajstić information content (AvgIpc) is 2.80. The SMILES string of the molecule is CSCCC(N)C(=O)NC(CC(N)=O)C(=O)NC(C(=O)NC(Cc1ccc(O)cc1)C(=O)O)C(C)C. The second-order valence-corrected chi connectivity index (χ2v) is 9.61. The van der Waals surface area contributed by atoms with Crippen LogP contribution in [0.5, 0.6) is 5.75 Å². The number of hydrogen-bond acceptors (Lipinski definition) is 8. The number of aromatic hydroxyl groups is 1. The number of carbonyl (C=O) groups is 5. The van der Waals surface area contributed by atoms with Crippen LogP contribution in [0.2, 0.25) is 0 Å². The van der Waals surface area contributed by atoms with E-state index < -0.39 is 66.1 Å². The fourth-order valence-electron chi connectivity index (χ4n) is 3.18. The number of carboxylic acids is 1. The molecule has 9 N–H and O–H groups in total. The highest BCUT2D eigenvalue weighted by Gasteiger charge is 2.32. The van der Waals surface area contributed by atoms with E-state index in [1.807, 2.05) is 6.26 Å². The van der Waals surface area contributed by atoms with E-state index in [4.69, 9.17) is 11.5 Å². The van der Waals surface area contributed by atoms with Crippen molar-refractivity contribution < 1.29 is 34.2 Å². The summed E-state index contributed by atoms with van der Waals surface area (Å²) < 4.78 is 0. The number of nitrogens with two attached hydrogens (primary N) is 2. The predicted molar refractivity (Wildman–Crippen MR) is 135 cm³/mol. The Morgan fingerprint density at radius 1 is 0.944 bits per heavy atom. The second kappa shape index (κ2) is 14.9. The normalized spacial score (nSPS) is 14.2. The zero-order valence-corrected chi connectivity index (χ0v) is 21.3. The maximum absolute atomic E-state index is 12.9. The van der Waals surface area contributed by atoms with Crippen LogP contribution in [-0.2, 0) is 30.4 Å². The molecule has 0 heterocycles. The zero-order valence-electron chi connectivity index (χ0n) is 20.5. The van der Waals surface area contributed by atoms with Gasteiger partial charge in [-0.25, -0.2) is 4.79 Å². The van der Waals surface area contributed by atoms with E-state index in [0.29, 0.717) is 17.7 Å². The van der Waals surface area contributed by atoms with E-state index in [2.05, 4.69) is 16.0 Å². The van der Waals surface area contributed by atoms with Crippen LogP contribution in [0, 0.1) is 5.92 Å². The molecule has 13 heteroatoms. The van der Waals surface area contributed by atoms with E-state index in [1.165, 1.54) is 36.0 Å². The molecule has 0 aliphatic rings. The van der Waals surface area contributed by atoms with Gasteiger partial charge in [0, 0.05) is 6.42 Å². The molecular weight excluding hydrogens is 490 g/mol. The maximum atomic E-state index is 12.9. The maximum Gasteiger partial charge on any atom is 0.326 e. The fourth-order valence-corrected chi connectivity index (χ4v) is 3.67. The summed E-state index contributed by atoms with van der Waals surface area (Å²) in [5, 5.41) is 26.3. The van der Waals surface area contributed by atoms with Gasteiger partial charge in [0.05, 0.1) is 12.5 Å². The van der Waals surface area contributed by atoms with Gasteiger partial charge in [-0.2, -0.15) is 11.8 Å². The molecule has 4 amide bonds. The van der Waals surface area contributed by atoms with E-state index in [0.717, 1.165) is 0 Å². The van der Waals surface area contributed by atoms with Gasteiger partial charge in [-0.3, -0.25) is 19.2 Å². The lowest BCUT2D eigenvalue weighted by atomic mass is 10.0. The molecule has 12 nitrogen and oxygen atoms in total. The molecule has 1 aromatic rings. The quantitative estimate of drug-likeness (QED) is 0.151. The molecule has 0 aromatic heterocycles. The molecule has 0 aliphatic heterocycles. The Hall–Kier alpha value is -3.32. The van der Waals surface area contributed by atoms with Gasteiger partial charge in [-0.1, -0.05) is 26.0 Å². The van der Waals surface area contributed by atoms with Crippen molar-refractivity contribution in [2.75, 3.05) is 12.0 Å². The van der Waals surface area contributed by atoms with Crippen LogP contribution in [0.3, 0.4) is 0 Å². The number of primary amides is 1. The lowest BCUT2D eigenvalue weighted by Gasteiger charge is -2.26. The average molecular weight is 526 g/mol. The highest BCUT2D eigenvalue weighted by atomic mass is 32.2. The van der Waals surface area contributed by atoms with Crippen molar-refractivity contribution in [2.24, 2.45) is 17.4 Å². The van der Waals surface area contributed by atoms with Gasteiger partial charge in [0.25, 0.3) is 0 Å². The van der Waals surface area contributed by atoms with Crippen molar-refractivity contribution in [1.29, 1.82) is 0 Å². The number of aliphatic carboxylic acids is 1. The molecule has 36 heavy (non-hydrogen) atoms. The summed E-state index contributed by atoms with van der Waals surface area (Å²) in [5.41, 5.74) is 11.6. The predicted octanol–water partition coefficient (Wildman–Crippen LogP) is -0.914. The van der Waals surface area contributed by atoms with Crippen molar-refractivity contribution in [1.82, 2.24) is 16.0 Å². The van der Waals surface area contributed by atoms with Crippen LogP contribution in [0.15, 0.2) is 24.3 Å². The smallest absolute Gasteiger partial charge is 0.326 e. The molecule has 0 spiro atoms. The topological polar surface area (TPSA) is 214 Å². The number of rotatable bonds is 15. The van der Waals surface area contributed by atoms with Gasteiger partial charge in [0.1, 0.15) is 23.9 Å². The summed E-state index contributed by atoms with van der Waals surface area (Å²) in [4.78, 5) is 61.5. The number of phenolic OH excluding ortho intramolecular Hbond substituents is 1. The number of carboxylic acid groups (broad SMARTS) is 1. The molecule has 0 saturated heterocycles. The number of benzene rings is 1. The first-order chi connectivity index (χ1) is 16.8. The molecule has 0 radical (unpaired) electrons. The van der Waals surface area contributed by atoms with Crippen LogP contribution in [-0.4, -0.2) is 76.0 Å². The molecule has 4 atom stereocenters. The molecule has 1 rings (SSSR count). The van der Waals surface area contributed by atoms with Crippen molar-refractivity contribution in [2.45, 2.75) is 57.3 Å². The van der Waals surface area contributed by atoms with Crippen molar-refractivity contribution >= 4 is 41.4 Å². The first-order valence-electron chi connectivity index (χ1n) is 11.3. The van der Waals surface area contributed by atoms with Crippen LogP contribution in [0.25, 0.3) is 0 Å². The number of nitrogens with one attached hydrogen (secondary N) is 3. The summed E-state index contributed by atoms with van der Waals surface area (Å²) in [6, 6.07) is 1.10. The summed E-state index contributed by atoms with van der Waals surface area (Å²) in [5.74, 6) is -4.21. The summed E-state index contributed by atoms with van der Waals surface area (Å²) in [7, 11) is 0. The Morgan fingerprint density at radius 3 is 2.03 bits per heavy atom. The Labute approximate surface area is 213 Å². The molecule has 0 fully saturated rings. The molecule has 1 aromatic carbocycles. The van der Waals surface area contributed by atoms with Crippen LogP contribution in [0.4, 0.5) is 0 Å². The molecule has 0 saturated carbocycles. The van der Waals surface area contributed by atoms with E-state index >= 15 is 0 Å². The Balaban J connectivity index is 2.96. The third-order valence-corrected chi connectivity index (χ3v) is 5.89. The van der Waals surface area contributed by atoms with E-state index in [-0.39, 0.29) is 12.2 Å². The van der Waals surface area contributed by atoms with Gasteiger partial charge in [-0.05, 0) is 42.0 Å². The summed E-state index contributed by atoms with van der Waals surface area (Å²) >= 11 is 1.49. The third kappa shape index (κ3) is 10.5. The molecule has 0 bridgehead atoms. The van der Waals surface area contributed by atoms with Crippen molar-refractivity contribution in [3.8, 4) is 5.75 Å². The van der Waals surface area contributed by atoms with Gasteiger partial charge in [-0.15, -0.1) is 0 Å². The van der Waals surface area contributed by atoms with E-state index in [9.17, 15) is 34.2 Å². The van der Waals surface area contributed by atoms with Gasteiger partial charge < -0.3 is 37.6 Å². The number of amides is 4. The minimum atomic E-state index is -1.36. The zero-order chi connectivity index (χ0) is 27.4. The van der Waals surface area contributed by atoms with Crippen molar-refractivity contribution in [3.63, 3.8) is 0 Å². The van der Waals surface area contributed by atoms with E-state index in [1.54, 1.807) is 13.8 Å². The van der Waals surface area contributed by atoms with Crippen LogP contribution < -0.4 is 27.4 Å². The summed E-state index contributed by atoms with van der Waals surface area (Å²) in [6.45, 7) is 3.28. The van der Waals surface area contributed by atoms with Gasteiger partial charge in [0.2, 0.25) is 23.6 Å². The number of carbonyl (C=O) groups excluding carboxylic acids is 4. The second-order valence-electron chi connectivity index (χ2n) is 8.62.